The molecule has 0 aliphatic heterocycles. The van der Waals surface area contributed by atoms with E-state index in [1.165, 1.54) is 16.6 Å². The lowest BCUT2D eigenvalue weighted by Gasteiger charge is -2.19. The third-order valence-electron chi connectivity index (χ3n) is 3.51. The minimum Gasteiger partial charge on any atom is -0.374 e. The third-order valence-corrected chi connectivity index (χ3v) is 3.51. The molecule has 0 N–H and O–H groups in total. The smallest absolute Gasteiger partial charge is 0.0703 e. The van der Waals surface area contributed by atoms with Gasteiger partial charge in [-0.3, -0.25) is 9.97 Å². The molecule has 3 nitrogen and oxygen atoms in total. The van der Waals surface area contributed by atoms with Crippen molar-refractivity contribution in [2.75, 3.05) is 18.5 Å². The van der Waals surface area contributed by atoms with Crippen LogP contribution in [-0.2, 0) is 6.42 Å². The zero-order valence-corrected chi connectivity index (χ0v) is 11.5. The van der Waals surface area contributed by atoms with Crippen molar-refractivity contribution in [2.45, 2.75) is 6.42 Å². The van der Waals surface area contributed by atoms with E-state index in [9.17, 15) is 0 Å². The Labute approximate surface area is 118 Å². The predicted molar refractivity (Wildman–Crippen MR) is 83.0 cm³/mol. The van der Waals surface area contributed by atoms with Gasteiger partial charge < -0.3 is 4.90 Å². The highest BCUT2D eigenvalue weighted by Gasteiger charge is 2.03. The van der Waals surface area contributed by atoms with E-state index < -0.39 is 0 Å². The Hall–Kier alpha value is -2.42. The van der Waals surface area contributed by atoms with Crippen LogP contribution in [0.25, 0.3) is 10.9 Å². The van der Waals surface area contributed by atoms with Gasteiger partial charge in [0, 0.05) is 43.3 Å². The molecule has 3 heteroatoms. The molecule has 20 heavy (non-hydrogen) atoms. The lowest BCUT2D eigenvalue weighted by molar-refractivity contribution is 0.875. The van der Waals surface area contributed by atoms with Crippen LogP contribution in [0.15, 0.2) is 61.1 Å². The molecule has 0 radical (unpaired) electrons. The van der Waals surface area contributed by atoms with Crippen molar-refractivity contribution < 1.29 is 0 Å². The number of rotatable bonds is 4. The van der Waals surface area contributed by atoms with Gasteiger partial charge in [-0.2, -0.15) is 0 Å². The van der Waals surface area contributed by atoms with Crippen LogP contribution in [0.3, 0.4) is 0 Å². The molecule has 0 unspecified atom stereocenters. The molecule has 0 spiro atoms. The van der Waals surface area contributed by atoms with Crippen molar-refractivity contribution in [3.05, 3.63) is 66.6 Å². The summed E-state index contributed by atoms with van der Waals surface area (Å²) in [6, 6.07) is 14.6. The van der Waals surface area contributed by atoms with Crippen molar-refractivity contribution in [3.8, 4) is 0 Å². The van der Waals surface area contributed by atoms with Gasteiger partial charge in [-0.05, 0) is 48.4 Å². The number of hydrogen-bond acceptors (Lipinski definition) is 3. The molecular formula is C17H17N3. The zero-order valence-electron chi connectivity index (χ0n) is 11.5. The van der Waals surface area contributed by atoms with E-state index in [0.29, 0.717) is 0 Å². The fourth-order valence-corrected chi connectivity index (χ4v) is 2.28. The molecule has 0 amide bonds. The average molecular weight is 263 g/mol. The van der Waals surface area contributed by atoms with Gasteiger partial charge >= 0.3 is 0 Å². The second-order valence-electron chi connectivity index (χ2n) is 4.91. The van der Waals surface area contributed by atoms with Crippen molar-refractivity contribution in [2.24, 2.45) is 0 Å². The summed E-state index contributed by atoms with van der Waals surface area (Å²) in [6.07, 6.45) is 6.54. The first-order valence-corrected chi connectivity index (χ1v) is 6.78. The molecule has 0 aliphatic rings. The lowest BCUT2D eigenvalue weighted by Crippen LogP contribution is -2.20. The number of hydrogen-bond donors (Lipinski definition) is 0. The van der Waals surface area contributed by atoms with Crippen LogP contribution in [0.1, 0.15) is 5.56 Å². The summed E-state index contributed by atoms with van der Waals surface area (Å²) < 4.78 is 0. The minimum absolute atomic E-state index is 0.982. The highest BCUT2D eigenvalue weighted by molar-refractivity contribution is 5.82. The van der Waals surface area contributed by atoms with E-state index in [-0.39, 0.29) is 0 Å². The van der Waals surface area contributed by atoms with Gasteiger partial charge in [0.25, 0.3) is 0 Å². The SMILES string of the molecule is CN(CCc1ccncc1)c1ccc2ncccc2c1. The normalized spacial score (nSPS) is 10.7. The Balaban J connectivity index is 1.73. The minimum atomic E-state index is 0.982. The summed E-state index contributed by atoms with van der Waals surface area (Å²) in [4.78, 5) is 10.7. The number of aromatic nitrogens is 2. The molecule has 0 fully saturated rings. The molecule has 0 bridgehead atoms. The fourth-order valence-electron chi connectivity index (χ4n) is 2.28. The van der Waals surface area contributed by atoms with Crippen LogP contribution >= 0.6 is 0 Å². The third kappa shape index (κ3) is 2.77. The van der Waals surface area contributed by atoms with E-state index in [0.717, 1.165) is 18.5 Å². The van der Waals surface area contributed by atoms with Crippen LogP contribution < -0.4 is 4.90 Å². The van der Waals surface area contributed by atoms with E-state index in [1.807, 2.05) is 24.7 Å². The summed E-state index contributed by atoms with van der Waals surface area (Å²) in [5, 5.41) is 1.18. The maximum Gasteiger partial charge on any atom is 0.0703 e. The van der Waals surface area contributed by atoms with Gasteiger partial charge in [-0.15, -0.1) is 0 Å². The van der Waals surface area contributed by atoms with Gasteiger partial charge in [-0.25, -0.2) is 0 Å². The van der Waals surface area contributed by atoms with Gasteiger partial charge in [0.2, 0.25) is 0 Å². The van der Waals surface area contributed by atoms with Crippen molar-refractivity contribution in [3.63, 3.8) is 0 Å². The van der Waals surface area contributed by atoms with Crippen molar-refractivity contribution in [1.29, 1.82) is 0 Å². The number of nitrogens with zero attached hydrogens (tertiary/aromatic N) is 3. The zero-order chi connectivity index (χ0) is 13.8. The van der Waals surface area contributed by atoms with Gasteiger partial charge in [0.15, 0.2) is 0 Å². The molecule has 2 aromatic heterocycles. The Morgan fingerprint density at radius 3 is 2.70 bits per heavy atom. The summed E-state index contributed by atoms with van der Waals surface area (Å²) in [6.45, 7) is 0.982. The Bertz CT molecular complexity index is 695. The molecule has 2 heterocycles. The maximum atomic E-state index is 4.35. The molecular weight excluding hydrogens is 246 g/mol. The maximum absolute atomic E-state index is 4.35. The number of likely N-dealkylation sites (N-methyl/N-ethyl adjacent to an activating group) is 1. The summed E-state index contributed by atoms with van der Waals surface area (Å²) in [5.41, 5.74) is 3.58. The topological polar surface area (TPSA) is 29.0 Å². The monoisotopic (exact) mass is 263 g/mol. The van der Waals surface area contributed by atoms with Crippen LogP contribution in [0.4, 0.5) is 5.69 Å². The highest BCUT2D eigenvalue weighted by atomic mass is 15.1. The largest absolute Gasteiger partial charge is 0.374 e. The number of anilines is 1. The number of pyridine rings is 2. The first kappa shape index (κ1) is 12.6. The van der Waals surface area contributed by atoms with Gasteiger partial charge in [0.1, 0.15) is 0 Å². The van der Waals surface area contributed by atoms with Crippen molar-refractivity contribution in [1.82, 2.24) is 9.97 Å². The Kier molecular flexibility index (Phi) is 3.59. The fraction of sp³-hybridized carbons (Fsp3) is 0.176. The summed E-state index contributed by atoms with van der Waals surface area (Å²) in [7, 11) is 2.12. The van der Waals surface area contributed by atoms with E-state index in [2.05, 4.69) is 58.3 Å². The van der Waals surface area contributed by atoms with E-state index in [4.69, 9.17) is 0 Å². The first-order valence-electron chi connectivity index (χ1n) is 6.78. The Morgan fingerprint density at radius 1 is 1.00 bits per heavy atom. The molecule has 0 saturated heterocycles. The summed E-state index contributed by atoms with van der Waals surface area (Å²) >= 11 is 0. The van der Waals surface area contributed by atoms with E-state index >= 15 is 0 Å². The number of fused-ring (bicyclic) bond motifs is 1. The van der Waals surface area contributed by atoms with Crippen LogP contribution in [0, 0.1) is 0 Å². The molecule has 100 valence electrons. The highest BCUT2D eigenvalue weighted by Crippen LogP contribution is 2.20. The predicted octanol–water partition coefficient (Wildman–Crippen LogP) is 3.31. The van der Waals surface area contributed by atoms with E-state index in [1.54, 1.807) is 0 Å². The summed E-state index contributed by atoms with van der Waals surface area (Å²) in [5.74, 6) is 0. The average Bonchev–Trinajstić information content (AvgIpc) is 2.53. The molecule has 3 aromatic rings. The van der Waals surface area contributed by atoms with Crippen LogP contribution in [0.2, 0.25) is 0 Å². The standard InChI is InChI=1S/C17H17N3/c1-20(12-8-14-6-10-18-11-7-14)16-4-5-17-15(13-16)3-2-9-19-17/h2-7,9-11,13H,8,12H2,1H3. The van der Waals surface area contributed by atoms with Crippen LogP contribution in [-0.4, -0.2) is 23.6 Å². The first-order chi connectivity index (χ1) is 9.83. The molecule has 0 saturated carbocycles. The molecule has 0 aliphatic carbocycles. The van der Waals surface area contributed by atoms with Crippen LogP contribution in [0.5, 0.6) is 0 Å². The Morgan fingerprint density at radius 2 is 1.85 bits per heavy atom. The quantitative estimate of drug-likeness (QED) is 0.723. The second kappa shape index (κ2) is 5.70. The molecule has 3 rings (SSSR count). The molecule has 0 atom stereocenters. The van der Waals surface area contributed by atoms with Gasteiger partial charge in [0.05, 0.1) is 5.52 Å². The molecule has 1 aromatic carbocycles. The number of benzene rings is 1. The second-order valence-corrected chi connectivity index (χ2v) is 4.91. The lowest BCUT2D eigenvalue weighted by atomic mass is 10.1. The van der Waals surface area contributed by atoms with Crippen molar-refractivity contribution >= 4 is 16.6 Å². The van der Waals surface area contributed by atoms with Gasteiger partial charge in [-0.1, -0.05) is 6.07 Å².